The minimum Gasteiger partial charge on any atom is -0.462 e. The zero-order chi connectivity index (χ0) is 8.85. The molecule has 0 saturated heterocycles. The third-order valence-corrected chi connectivity index (χ3v) is 1.57. The largest absolute Gasteiger partial charge is 0.462 e. The van der Waals surface area contributed by atoms with Gasteiger partial charge < -0.3 is 4.74 Å². The van der Waals surface area contributed by atoms with Gasteiger partial charge in [0.1, 0.15) is 6.10 Å². The molecule has 0 bridgehead atoms. The molecule has 0 rings (SSSR count). The summed E-state index contributed by atoms with van der Waals surface area (Å²) in [6, 6.07) is 0. The van der Waals surface area contributed by atoms with Crippen LogP contribution in [0.1, 0.15) is 27.2 Å². The second kappa shape index (κ2) is 4.94. The standard InChI is InChI=1S/C9H16O2/c1-5-6-9(10)11-8(4)7(2)3/h5,7-8H,1,6H2,2-4H3/t8-/m0/s1. The van der Waals surface area contributed by atoms with Gasteiger partial charge in [0.05, 0.1) is 6.42 Å². The first-order chi connectivity index (χ1) is 5.07. The van der Waals surface area contributed by atoms with Gasteiger partial charge in [-0.05, 0) is 12.8 Å². The lowest BCUT2D eigenvalue weighted by atomic mass is 10.1. The molecule has 0 aromatic rings. The van der Waals surface area contributed by atoms with E-state index in [0.717, 1.165) is 0 Å². The summed E-state index contributed by atoms with van der Waals surface area (Å²) < 4.78 is 5.04. The van der Waals surface area contributed by atoms with Crippen LogP contribution in [0.3, 0.4) is 0 Å². The maximum atomic E-state index is 10.9. The van der Waals surface area contributed by atoms with Crippen LogP contribution in [0, 0.1) is 5.92 Å². The Bertz CT molecular complexity index is 138. The molecule has 0 N–H and O–H groups in total. The Hall–Kier alpha value is -0.790. The second-order valence-corrected chi connectivity index (χ2v) is 2.93. The maximum Gasteiger partial charge on any atom is 0.309 e. The average Bonchev–Trinajstić information content (AvgIpc) is 1.87. The lowest BCUT2D eigenvalue weighted by molar-refractivity contribution is -0.149. The molecule has 0 amide bonds. The molecular weight excluding hydrogens is 140 g/mol. The highest BCUT2D eigenvalue weighted by molar-refractivity contribution is 5.71. The molecule has 0 aromatic carbocycles. The van der Waals surface area contributed by atoms with Crippen LogP contribution < -0.4 is 0 Å². The van der Waals surface area contributed by atoms with Gasteiger partial charge in [-0.3, -0.25) is 4.79 Å². The fourth-order valence-electron chi connectivity index (χ4n) is 0.509. The minimum absolute atomic E-state index is 0.00227. The Labute approximate surface area is 68.2 Å². The number of hydrogen-bond donors (Lipinski definition) is 0. The molecule has 64 valence electrons. The average molecular weight is 156 g/mol. The highest BCUT2D eigenvalue weighted by Crippen LogP contribution is 2.06. The van der Waals surface area contributed by atoms with Crippen LogP contribution >= 0.6 is 0 Å². The second-order valence-electron chi connectivity index (χ2n) is 2.93. The van der Waals surface area contributed by atoms with E-state index in [1.54, 1.807) is 6.08 Å². The fraction of sp³-hybridized carbons (Fsp3) is 0.667. The molecule has 0 aromatic heterocycles. The van der Waals surface area contributed by atoms with Crippen molar-refractivity contribution >= 4 is 5.97 Å². The Morgan fingerprint density at radius 1 is 1.55 bits per heavy atom. The first-order valence-corrected chi connectivity index (χ1v) is 3.88. The van der Waals surface area contributed by atoms with Crippen molar-refractivity contribution in [2.24, 2.45) is 5.92 Å². The van der Waals surface area contributed by atoms with Gasteiger partial charge in [0.2, 0.25) is 0 Å². The molecule has 11 heavy (non-hydrogen) atoms. The summed E-state index contributed by atoms with van der Waals surface area (Å²) in [5.41, 5.74) is 0. The smallest absolute Gasteiger partial charge is 0.309 e. The van der Waals surface area contributed by atoms with Crippen LogP contribution in [0.5, 0.6) is 0 Å². The minimum atomic E-state index is -0.193. The van der Waals surface area contributed by atoms with E-state index >= 15 is 0 Å². The van der Waals surface area contributed by atoms with Crippen molar-refractivity contribution in [2.75, 3.05) is 0 Å². The van der Waals surface area contributed by atoms with E-state index in [2.05, 4.69) is 6.58 Å². The fourth-order valence-corrected chi connectivity index (χ4v) is 0.509. The predicted octanol–water partition coefficient (Wildman–Crippen LogP) is 2.15. The Morgan fingerprint density at radius 2 is 2.09 bits per heavy atom. The van der Waals surface area contributed by atoms with Crippen molar-refractivity contribution in [3.63, 3.8) is 0 Å². The van der Waals surface area contributed by atoms with Gasteiger partial charge in [0.15, 0.2) is 0 Å². The number of carbonyl (C=O) groups excluding carboxylic acids is 1. The van der Waals surface area contributed by atoms with Gasteiger partial charge >= 0.3 is 5.97 Å². The molecule has 0 unspecified atom stereocenters. The Balaban J connectivity index is 3.65. The highest BCUT2D eigenvalue weighted by atomic mass is 16.5. The third-order valence-electron chi connectivity index (χ3n) is 1.57. The molecule has 0 spiro atoms. The zero-order valence-electron chi connectivity index (χ0n) is 7.46. The van der Waals surface area contributed by atoms with Crippen LogP contribution in [0.4, 0.5) is 0 Å². The van der Waals surface area contributed by atoms with E-state index in [4.69, 9.17) is 4.74 Å². The molecule has 0 radical (unpaired) electrons. The first kappa shape index (κ1) is 10.2. The molecule has 0 aliphatic heterocycles. The van der Waals surface area contributed by atoms with Crippen molar-refractivity contribution in [1.29, 1.82) is 0 Å². The van der Waals surface area contributed by atoms with Gasteiger partial charge in [0.25, 0.3) is 0 Å². The van der Waals surface area contributed by atoms with E-state index in [0.29, 0.717) is 12.3 Å². The van der Waals surface area contributed by atoms with Crippen LogP contribution in [0.2, 0.25) is 0 Å². The summed E-state index contributed by atoms with van der Waals surface area (Å²) in [7, 11) is 0. The normalized spacial score (nSPS) is 12.7. The number of hydrogen-bond acceptors (Lipinski definition) is 2. The van der Waals surface area contributed by atoms with Crippen LogP contribution in [-0.4, -0.2) is 12.1 Å². The van der Waals surface area contributed by atoms with E-state index in [1.807, 2.05) is 20.8 Å². The maximum absolute atomic E-state index is 10.9. The third kappa shape index (κ3) is 4.59. The summed E-state index contributed by atoms with van der Waals surface area (Å²) in [5, 5.41) is 0. The van der Waals surface area contributed by atoms with E-state index in [-0.39, 0.29) is 12.1 Å². The van der Waals surface area contributed by atoms with Crippen LogP contribution in [-0.2, 0) is 9.53 Å². The quantitative estimate of drug-likeness (QED) is 0.460. The SMILES string of the molecule is C=CCC(=O)O[C@@H](C)C(C)C. The molecule has 0 heterocycles. The number of rotatable bonds is 4. The van der Waals surface area contributed by atoms with Crippen molar-refractivity contribution < 1.29 is 9.53 Å². The number of carbonyl (C=O) groups is 1. The van der Waals surface area contributed by atoms with Gasteiger partial charge in [0, 0.05) is 0 Å². The van der Waals surface area contributed by atoms with Crippen LogP contribution in [0.25, 0.3) is 0 Å². The first-order valence-electron chi connectivity index (χ1n) is 3.88. The molecule has 0 fully saturated rings. The van der Waals surface area contributed by atoms with Crippen molar-refractivity contribution in [2.45, 2.75) is 33.3 Å². The molecule has 2 heteroatoms. The van der Waals surface area contributed by atoms with Gasteiger partial charge in [-0.1, -0.05) is 19.9 Å². The van der Waals surface area contributed by atoms with E-state index < -0.39 is 0 Å². The van der Waals surface area contributed by atoms with Gasteiger partial charge in [-0.25, -0.2) is 0 Å². The molecule has 0 aliphatic rings. The molecule has 0 aliphatic carbocycles. The van der Waals surface area contributed by atoms with Gasteiger partial charge in [-0.15, -0.1) is 6.58 Å². The van der Waals surface area contributed by atoms with Crippen molar-refractivity contribution in [3.8, 4) is 0 Å². The zero-order valence-corrected chi connectivity index (χ0v) is 7.46. The summed E-state index contributed by atoms with van der Waals surface area (Å²) in [6.45, 7) is 9.39. The molecular formula is C9H16O2. The van der Waals surface area contributed by atoms with Gasteiger partial charge in [-0.2, -0.15) is 0 Å². The van der Waals surface area contributed by atoms with E-state index in [1.165, 1.54) is 0 Å². The monoisotopic (exact) mass is 156 g/mol. The number of esters is 1. The summed E-state index contributed by atoms with van der Waals surface area (Å²) >= 11 is 0. The van der Waals surface area contributed by atoms with Crippen LogP contribution in [0.15, 0.2) is 12.7 Å². The van der Waals surface area contributed by atoms with Crippen molar-refractivity contribution in [1.82, 2.24) is 0 Å². The summed E-state index contributed by atoms with van der Waals surface area (Å²) in [5.74, 6) is 0.185. The Kier molecular flexibility index (Phi) is 4.59. The topological polar surface area (TPSA) is 26.3 Å². The molecule has 2 nitrogen and oxygen atoms in total. The van der Waals surface area contributed by atoms with E-state index in [9.17, 15) is 4.79 Å². The lowest BCUT2D eigenvalue weighted by Gasteiger charge is -2.15. The Morgan fingerprint density at radius 3 is 2.45 bits per heavy atom. The van der Waals surface area contributed by atoms with Crippen molar-refractivity contribution in [3.05, 3.63) is 12.7 Å². The predicted molar refractivity (Wildman–Crippen MR) is 45.2 cm³/mol. The summed E-state index contributed by atoms with van der Waals surface area (Å²) in [6.07, 6.45) is 1.86. The molecule has 1 atom stereocenters. The lowest BCUT2D eigenvalue weighted by Crippen LogP contribution is -2.19. The number of ether oxygens (including phenoxy) is 1. The summed E-state index contributed by atoms with van der Waals surface area (Å²) in [4.78, 5) is 10.9. The molecule has 0 saturated carbocycles. The highest BCUT2D eigenvalue weighted by Gasteiger charge is 2.10.